The van der Waals surface area contributed by atoms with Gasteiger partial charge in [-0.1, -0.05) is 30.3 Å². The summed E-state index contributed by atoms with van der Waals surface area (Å²) in [4.78, 5) is 0. The van der Waals surface area contributed by atoms with E-state index >= 15 is 0 Å². The molecule has 10 radical (unpaired) electrons. The van der Waals surface area contributed by atoms with Crippen molar-refractivity contribution in [2.24, 2.45) is 0 Å². The van der Waals surface area contributed by atoms with Gasteiger partial charge in [-0.25, -0.2) is 10.4 Å². The van der Waals surface area contributed by atoms with Gasteiger partial charge in [0.2, 0.25) is 0 Å². The van der Waals surface area contributed by atoms with Crippen LogP contribution in [-0.4, -0.2) is 31.3 Å². The Morgan fingerprint density at radius 3 is 2.22 bits per heavy atom. The molecule has 2 saturated carbocycles. The van der Waals surface area contributed by atoms with E-state index in [9.17, 15) is 0 Å². The van der Waals surface area contributed by atoms with Gasteiger partial charge in [-0.3, -0.25) is 0 Å². The molecule has 1 aliphatic heterocycles. The molecule has 2 atom stereocenters. The number of hydrogen-bond donors (Lipinski definition) is 1. The van der Waals surface area contributed by atoms with E-state index in [2.05, 4.69) is 66.4 Å². The van der Waals surface area contributed by atoms with Gasteiger partial charge in [0.25, 0.3) is 0 Å². The summed E-state index contributed by atoms with van der Waals surface area (Å²) in [5, 5.41) is 2.36. The molecule has 0 bridgehead atoms. The van der Waals surface area contributed by atoms with Crippen LogP contribution in [0.15, 0.2) is 30.3 Å². The average Bonchev–Trinajstić information content (AvgIpc) is 3.44. The first-order valence-corrected chi connectivity index (χ1v) is 9.33. The zero-order valence-electron chi connectivity index (χ0n) is 15.8. The SMILES string of the molecule is COC[C@@H]1CCCN1N[C@@H]([C]1[CH][CH][CH][CH]1)c1ccccc1.[CH]1[CH][CH][CH][CH]1.[Fe+2]. The number of benzene rings is 1. The van der Waals surface area contributed by atoms with Crippen molar-refractivity contribution >= 4 is 0 Å². The standard InChI is InChI=1S/C18H23N2O.C5H5.Fe/c1-21-14-17-12-7-13-20(17)19-18(16-10-5-6-11-16)15-8-3-2-4-9-15;1-2-4-5-3-1;/h2-6,8-11,17-19H,7,12-14H2,1H3;1-5H;/q;;+2/t17-,18+;;/m0../s1. The summed E-state index contributed by atoms with van der Waals surface area (Å²) in [6.07, 6.45) is 21.0. The Labute approximate surface area is 177 Å². The smallest absolute Gasteiger partial charge is 0.383 e. The Balaban J connectivity index is 0.000000379. The largest absolute Gasteiger partial charge is 2.00 e. The number of nitrogens with zero attached hydrogens (tertiary/aromatic N) is 1. The number of rotatable bonds is 6. The third-order valence-corrected chi connectivity index (χ3v) is 4.74. The Kier molecular flexibility index (Phi) is 11.0. The van der Waals surface area contributed by atoms with Crippen LogP contribution in [0.2, 0.25) is 0 Å². The molecule has 142 valence electrons. The minimum Gasteiger partial charge on any atom is -0.383 e. The second kappa shape index (κ2) is 13.0. The number of methoxy groups -OCH3 is 1. The maximum atomic E-state index is 5.35. The van der Waals surface area contributed by atoms with Crippen LogP contribution in [0.25, 0.3) is 0 Å². The molecule has 0 spiro atoms. The molecular weight excluding hydrogens is 376 g/mol. The molecule has 27 heavy (non-hydrogen) atoms. The maximum absolute atomic E-state index is 5.35. The van der Waals surface area contributed by atoms with Crippen LogP contribution in [-0.2, 0) is 21.8 Å². The molecule has 3 nitrogen and oxygen atoms in total. The van der Waals surface area contributed by atoms with Crippen molar-refractivity contribution in [3.05, 3.63) is 99.6 Å². The van der Waals surface area contributed by atoms with Crippen LogP contribution in [0, 0.1) is 63.7 Å². The molecule has 2 aliphatic carbocycles. The molecular formula is C23H28FeN2O+2. The first-order chi connectivity index (χ1) is 12.9. The first kappa shape index (κ1) is 22.9. The van der Waals surface area contributed by atoms with Crippen LogP contribution in [0.3, 0.4) is 0 Å². The van der Waals surface area contributed by atoms with Gasteiger partial charge in [0.1, 0.15) is 0 Å². The van der Waals surface area contributed by atoms with Gasteiger partial charge in [-0.05, 0) is 76.2 Å². The number of hydrogen-bond acceptors (Lipinski definition) is 3. The first-order valence-electron chi connectivity index (χ1n) is 9.33. The van der Waals surface area contributed by atoms with Gasteiger partial charge in [0, 0.05) is 25.6 Å². The molecule has 1 aromatic rings. The molecule has 1 saturated heterocycles. The van der Waals surface area contributed by atoms with E-state index in [0.29, 0.717) is 6.04 Å². The number of ether oxygens (including phenoxy) is 1. The molecule has 3 fully saturated rings. The minimum absolute atomic E-state index is 0. The minimum atomic E-state index is 0. The summed E-state index contributed by atoms with van der Waals surface area (Å²) >= 11 is 0. The Morgan fingerprint density at radius 1 is 1.00 bits per heavy atom. The van der Waals surface area contributed by atoms with E-state index in [1.807, 2.05) is 32.1 Å². The summed E-state index contributed by atoms with van der Waals surface area (Å²) in [6, 6.07) is 11.3. The number of hydrazine groups is 1. The van der Waals surface area contributed by atoms with Gasteiger partial charge in [-0.15, -0.1) is 0 Å². The van der Waals surface area contributed by atoms with E-state index in [4.69, 9.17) is 4.74 Å². The van der Waals surface area contributed by atoms with E-state index in [0.717, 1.165) is 13.2 Å². The monoisotopic (exact) mass is 404 g/mol. The quantitative estimate of drug-likeness (QED) is 0.731. The number of nitrogens with one attached hydrogen (secondary N) is 1. The van der Waals surface area contributed by atoms with Crippen molar-refractivity contribution in [1.82, 2.24) is 10.4 Å². The van der Waals surface area contributed by atoms with Gasteiger partial charge in [0.15, 0.2) is 0 Å². The topological polar surface area (TPSA) is 24.5 Å². The molecule has 1 aromatic carbocycles. The average molecular weight is 404 g/mol. The zero-order chi connectivity index (χ0) is 18.0. The van der Waals surface area contributed by atoms with Crippen molar-refractivity contribution in [2.75, 3.05) is 20.3 Å². The molecule has 1 heterocycles. The second-order valence-electron chi connectivity index (χ2n) is 6.60. The van der Waals surface area contributed by atoms with Crippen molar-refractivity contribution < 1.29 is 21.8 Å². The summed E-state index contributed by atoms with van der Waals surface area (Å²) in [6.45, 7) is 1.87. The molecule has 4 rings (SSSR count). The summed E-state index contributed by atoms with van der Waals surface area (Å²) in [5.41, 5.74) is 5.02. The van der Waals surface area contributed by atoms with E-state index < -0.39 is 0 Å². The fourth-order valence-corrected chi connectivity index (χ4v) is 3.43. The molecule has 4 heteroatoms. The third kappa shape index (κ3) is 7.18. The van der Waals surface area contributed by atoms with E-state index in [1.165, 1.54) is 24.3 Å². The fraction of sp³-hybridized carbons (Fsp3) is 0.304. The van der Waals surface area contributed by atoms with Crippen LogP contribution in [0.5, 0.6) is 0 Å². The molecule has 0 unspecified atom stereocenters. The predicted octanol–water partition coefficient (Wildman–Crippen LogP) is 3.77. The van der Waals surface area contributed by atoms with E-state index in [-0.39, 0.29) is 23.1 Å². The maximum Gasteiger partial charge on any atom is 2.00 e. The van der Waals surface area contributed by atoms with Crippen LogP contribution >= 0.6 is 0 Å². The fourth-order valence-electron chi connectivity index (χ4n) is 3.43. The Morgan fingerprint density at radius 2 is 1.63 bits per heavy atom. The van der Waals surface area contributed by atoms with Crippen molar-refractivity contribution in [1.29, 1.82) is 0 Å². The van der Waals surface area contributed by atoms with Gasteiger partial charge in [-0.2, -0.15) is 0 Å². The molecule has 0 aromatic heterocycles. The molecule has 3 aliphatic rings. The van der Waals surface area contributed by atoms with Crippen LogP contribution < -0.4 is 5.43 Å². The Bertz CT molecular complexity index is 481. The summed E-state index contributed by atoms with van der Waals surface area (Å²) in [7, 11) is 1.78. The van der Waals surface area contributed by atoms with Crippen LogP contribution in [0.1, 0.15) is 24.4 Å². The Hall–Kier alpha value is -0.381. The third-order valence-electron chi connectivity index (χ3n) is 4.74. The summed E-state index contributed by atoms with van der Waals surface area (Å²) < 4.78 is 5.35. The molecule has 0 amide bonds. The zero-order valence-corrected chi connectivity index (χ0v) is 16.9. The normalized spacial score (nSPS) is 24.3. The summed E-state index contributed by atoms with van der Waals surface area (Å²) in [5.74, 6) is 1.31. The van der Waals surface area contributed by atoms with Crippen molar-refractivity contribution in [2.45, 2.75) is 24.9 Å². The van der Waals surface area contributed by atoms with Gasteiger partial charge >= 0.3 is 17.1 Å². The second-order valence-corrected chi connectivity index (χ2v) is 6.60. The molecule has 1 N–H and O–H groups in total. The predicted molar refractivity (Wildman–Crippen MR) is 106 cm³/mol. The van der Waals surface area contributed by atoms with Crippen LogP contribution in [0.4, 0.5) is 0 Å². The van der Waals surface area contributed by atoms with E-state index in [1.54, 1.807) is 7.11 Å². The van der Waals surface area contributed by atoms with Crippen molar-refractivity contribution in [3.8, 4) is 0 Å². The van der Waals surface area contributed by atoms with Crippen molar-refractivity contribution in [3.63, 3.8) is 0 Å². The van der Waals surface area contributed by atoms with Gasteiger partial charge in [0.05, 0.1) is 12.6 Å². The van der Waals surface area contributed by atoms with Gasteiger partial charge < -0.3 is 4.74 Å².